The van der Waals surface area contributed by atoms with Gasteiger partial charge in [-0.2, -0.15) is 0 Å². The molecule has 3 nitrogen and oxygen atoms in total. The number of rotatable bonds is 5. The van der Waals surface area contributed by atoms with Gasteiger partial charge in [0, 0.05) is 0 Å². The first-order chi connectivity index (χ1) is 7.52. The van der Waals surface area contributed by atoms with Crippen LogP contribution in [0.25, 0.3) is 0 Å². The molecule has 0 saturated carbocycles. The fraction of sp³-hybridized carbons (Fsp3) is 0.455. The van der Waals surface area contributed by atoms with Crippen LogP contribution in [0.4, 0.5) is 4.39 Å². The van der Waals surface area contributed by atoms with Crippen LogP contribution in [-0.4, -0.2) is 20.2 Å². The third-order valence-electron chi connectivity index (χ3n) is 2.51. The molecule has 90 valence electrons. The average molecular weight is 245 g/mol. The topological polar surface area (TPSA) is 60.2 Å². The van der Waals surface area contributed by atoms with Crippen LogP contribution < -0.4 is 5.73 Å². The minimum Gasteiger partial charge on any atom is -0.330 e. The molecule has 5 heteroatoms. The van der Waals surface area contributed by atoms with Gasteiger partial charge in [-0.1, -0.05) is 13.0 Å². The molecule has 0 aliphatic heterocycles. The first-order valence-corrected chi connectivity index (χ1v) is 6.76. The fourth-order valence-corrected chi connectivity index (χ4v) is 3.42. The van der Waals surface area contributed by atoms with Gasteiger partial charge in [-0.3, -0.25) is 0 Å². The zero-order valence-electron chi connectivity index (χ0n) is 9.19. The minimum absolute atomic E-state index is 0.0350. The predicted molar refractivity (Wildman–Crippen MR) is 61.3 cm³/mol. The highest BCUT2D eigenvalue weighted by molar-refractivity contribution is 7.92. The van der Waals surface area contributed by atoms with Crippen molar-refractivity contribution < 1.29 is 12.8 Å². The molecule has 1 aromatic carbocycles. The highest BCUT2D eigenvalue weighted by Crippen LogP contribution is 2.20. The molecule has 0 heterocycles. The van der Waals surface area contributed by atoms with E-state index < -0.39 is 20.9 Å². The van der Waals surface area contributed by atoms with Crippen LogP contribution in [-0.2, 0) is 9.84 Å². The summed E-state index contributed by atoms with van der Waals surface area (Å²) in [6, 6.07) is 5.09. The summed E-state index contributed by atoms with van der Waals surface area (Å²) < 4.78 is 37.1. The highest BCUT2D eigenvalue weighted by atomic mass is 32.2. The molecule has 0 amide bonds. The Kier molecular flexibility index (Phi) is 4.44. The van der Waals surface area contributed by atoms with Crippen LogP contribution >= 0.6 is 0 Å². The summed E-state index contributed by atoms with van der Waals surface area (Å²) in [6.45, 7) is 2.10. The van der Waals surface area contributed by atoms with E-state index in [1.54, 1.807) is 6.92 Å². The lowest BCUT2D eigenvalue weighted by Gasteiger charge is -2.14. The average Bonchev–Trinajstić information content (AvgIpc) is 2.25. The molecular formula is C11H16FNO2S. The third-order valence-corrected chi connectivity index (χ3v) is 4.87. The lowest BCUT2D eigenvalue weighted by molar-refractivity contribution is 0.564. The van der Waals surface area contributed by atoms with E-state index in [2.05, 4.69) is 0 Å². The van der Waals surface area contributed by atoms with Gasteiger partial charge < -0.3 is 5.73 Å². The van der Waals surface area contributed by atoms with Crippen molar-refractivity contribution in [2.45, 2.75) is 29.9 Å². The van der Waals surface area contributed by atoms with Crippen molar-refractivity contribution in [2.24, 2.45) is 5.73 Å². The molecule has 16 heavy (non-hydrogen) atoms. The summed E-state index contributed by atoms with van der Waals surface area (Å²) >= 11 is 0. The van der Waals surface area contributed by atoms with Gasteiger partial charge in [-0.15, -0.1) is 0 Å². The number of sulfone groups is 1. The van der Waals surface area contributed by atoms with E-state index in [4.69, 9.17) is 5.73 Å². The van der Waals surface area contributed by atoms with Gasteiger partial charge in [0.1, 0.15) is 5.82 Å². The van der Waals surface area contributed by atoms with Crippen molar-refractivity contribution in [3.8, 4) is 0 Å². The third kappa shape index (κ3) is 2.80. The van der Waals surface area contributed by atoms with Crippen LogP contribution in [0.15, 0.2) is 29.2 Å². The summed E-state index contributed by atoms with van der Waals surface area (Å²) in [5.74, 6) is -0.538. The van der Waals surface area contributed by atoms with Crippen LogP contribution in [0, 0.1) is 5.82 Å². The summed E-state index contributed by atoms with van der Waals surface area (Å²) in [5, 5.41) is -0.528. The SMILES string of the molecule is CCC(CCN)S(=O)(=O)c1cccc(F)c1. The molecular weight excluding hydrogens is 229 g/mol. The Bertz CT molecular complexity index is 445. The largest absolute Gasteiger partial charge is 0.330 e. The Labute approximate surface area is 95.4 Å². The number of hydrogen-bond acceptors (Lipinski definition) is 3. The van der Waals surface area contributed by atoms with Crippen molar-refractivity contribution in [3.05, 3.63) is 30.1 Å². The van der Waals surface area contributed by atoms with Crippen LogP contribution in [0.5, 0.6) is 0 Å². The highest BCUT2D eigenvalue weighted by Gasteiger charge is 2.25. The van der Waals surface area contributed by atoms with Gasteiger partial charge in [0.25, 0.3) is 0 Å². The lowest BCUT2D eigenvalue weighted by Crippen LogP contribution is -2.24. The second kappa shape index (κ2) is 5.41. The van der Waals surface area contributed by atoms with E-state index in [-0.39, 0.29) is 4.90 Å². The van der Waals surface area contributed by atoms with Gasteiger partial charge in [-0.05, 0) is 37.6 Å². The summed E-state index contributed by atoms with van der Waals surface area (Å²) in [6.07, 6.45) is 0.880. The van der Waals surface area contributed by atoms with Crippen molar-refractivity contribution >= 4 is 9.84 Å². The van der Waals surface area contributed by atoms with Gasteiger partial charge in [0.2, 0.25) is 0 Å². The molecule has 0 fully saturated rings. The monoisotopic (exact) mass is 245 g/mol. The lowest BCUT2D eigenvalue weighted by atomic mass is 10.2. The van der Waals surface area contributed by atoms with Crippen molar-refractivity contribution in [1.29, 1.82) is 0 Å². The Hall–Kier alpha value is -0.940. The second-order valence-corrected chi connectivity index (χ2v) is 5.84. The first-order valence-electron chi connectivity index (χ1n) is 5.22. The molecule has 1 atom stereocenters. The quantitative estimate of drug-likeness (QED) is 0.859. The molecule has 1 unspecified atom stereocenters. The Morgan fingerprint density at radius 1 is 1.44 bits per heavy atom. The summed E-state index contributed by atoms with van der Waals surface area (Å²) in [7, 11) is -3.46. The second-order valence-electron chi connectivity index (χ2n) is 3.61. The molecule has 0 bridgehead atoms. The van der Waals surface area contributed by atoms with Crippen LogP contribution in [0.2, 0.25) is 0 Å². The van der Waals surface area contributed by atoms with Gasteiger partial charge in [0.05, 0.1) is 10.1 Å². The van der Waals surface area contributed by atoms with Gasteiger partial charge in [0.15, 0.2) is 9.84 Å². The zero-order chi connectivity index (χ0) is 12.2. The van der Waals surface area contributed by atoms with E-state index >= 15 is 0 Å². The molecule has 1 rings (SSSR count). The standard InChI is InChI=1S/C11H16FNO2S/c1-2-10(6-7-13)16(14,15)11-5-3-4-9(12)8-11/h3-5,8,10H,2,6-7,13H2,1H3. The summed E-state index contributed by atoms with van der Waals surface area (Å²) in [5.41, 5.74) is 5.37. The minimum atomic E-state index is -3.46. The Morgan fingerprint density at radius 2 is 2.12 bits per heavy atom. The van der Waals surface area contributed by atoms with E-state index in [1.807, 2.05) is 0 Å². The van der Waals surface area contributed by atoms with E-state index in [9.17, 15) is 12.8 Å². The predicted octanol–water partition coefficient (Wildman–Crippen LogP) is 1.73. The first kappa shape index (κ1) is 13.1. The molecule has 0 aromatic heterocycles. The van der Waals surface area contributed by atoms with E-state index in [0.717, 1.165) is 6.07 Å². The Balaban J connectivity index is 3.09. The van der Waals surface area contributed by atoms with Crippen molar-refractivity contribution in [1.82, 2.24) is 0 Å². The van der Waals surface area contributed by atoms with E-state index in [0.29, 0.717) is 19.4 Å². The number of hydrogen-bond donors (Lipinski definition) is 1. The smallest absolute Gasteiger partial charge is 0.181 e. The molecule has 0 spiro atoms. The number of nitrogens with two attached hydrogens (primary N) is 1. The van der Waals surface area contributed by atoms with Gasteiger partial charge in [-0.25, -0.2) is 12.8 Å². The van der Waals surface area contributed by atoms with E-state index in [1.165, 1.54) is 18.2 Å². The van der Waals surface area contributed by atoms with Crippen LogP contribution in [0.1, 0.15) is 19.8 Å². The Morgan fingerprint density at radius 3 is 2.62 bits per heavy atom. The normalized spacial score (nSPS) is 13.7. The maximum atomic E-state index is 13.0. The van der Waals surface area contributed by atoms with Crippen molar-refractivity contribution in [2.75, 3.05) is 6.54 Å². The summed E-state index contributed by atoms with van der Waals surface area (Å²) in [4.78, 5) is 0.0350. The van der Waals surface area contributed by atoms with Gasteiger partial charge >= 0.3 is 0 Å². The number of halogens is 1. The maximum Gasteiger partial charge on any atom is 0.181 e. The fourth-order valence-electron chi connectivity index (χ4n) is 1.60. The molecule has 2 N–H and O–H groups in total. The molecule has 0 saturated heterocycles. The molecule has 0 aliphatic rings. The van der Waals surface area contributed by atoms with Crippen molar-refractivity contribution in [3.63, 3.8) is 0 Å². The number of benzene rings is 1. The molecule has 1 aromatic rings. The molecule has 0 radical (unpaired) electrons. The van der Waals surface area contributed by atoms with Crippen LogP contribution in [0.3, 0.4) is 0 Å². The maximum absolute atomic E-state index is 13.0. The molecule has 0 aliphatic carbocycles. The zero-order valence-corrected chi connectivity index (χ0v) is 10.0.